The number of ether oxygens (including phenoxy) is 1. The molecule has 2 saturated heterocycles. The van der Waals surface area contributed by atoms with E-state index < -0.39 is 19.3 Å². The molecule has 0 saturated carbocycles. The van der Waals surface area contributed by atoms with Crippen molar-refractivity contribution in [1.29, 1.82) is 0 Å². The zero-order chi connectivity index (χ0) is 38.4. The van der Waals surface area contributed by atoms with Crippen LogP contribution < -0.4 is 15.1 Å². The number of nitrogens with two attached hydrogens (primary N) is 1. The van der Waals surface area contributed by atoms with Crippen LogP contribution in [0.2, 0.25) is 18.1 Å². The van der Waals surface area contributed by atoms with E-state index >= 15 is 0 Å². The molecule has 3 aliphatic heterocycles. The number of rotatable bonds is 8. The molecule has 3 aliphatic rings. The van der Waals surface area contributed by atoms with Crippen LogP contribution in [0, 0.1) is 5.82 Å². The Morgan fingerprint density at radius 3 is 2.35 bits per heavy atom. The number of halogens is 1. The maximum absolute atomic E-state index is 14.6. The number of pyridine rings is 1. The normalized spacial score (nSPS) is 23.1. The molecule has 0 bridgehead atoms. The predicted molar refractivity (Wildman–Crippen MR) is 208 cm³/mol. The van der Waals surface area contributed by atoms with Crippen LogP contribution in [0.15, 0.2) is 30.3 Å². The van der Waals surface area contributed by atoms with Gasteiger partial charge in [0, 0.05) is 68.2 Å². The van der Waals surface area contributed by atoms with Crippen LogP contribution in [0.4, 0.5) is 14.9 Å². The van der Waals surface area contributed by atoms with Crippen molar-refractivity contribution in [3.8, 4) is 5.88 Å². The van der Waals surface area contributed by atoms with Gasteiger partial charge >= 0.3 is 6.09 Å². The summed E-state index contributed by atoms with van der Waals surface area (Å²) in [4.78, 5) is 41.5. The van der Waals surface area contributed by atoms with Gasteiger partial charge in [-0.1, -0.05) is 46.8 Å². The summed E-state index contributed by atoms with van der Waals surface area (Å²) in [6.07, 6.45) is 2.22. The first-order valence-electron chi connectivity index (χ1n) is 19.0. The fourth-order valence-corrected chi connectivity index (χ4v) is 8.27. The van der Waals surface area contributed by atoms with Gasteiger partial charge in [0.25, 0.3) is 8.32 Å². The zero-order valence-electron chi connectivity index (χ0n) is 33.5. The second-order valence-corrected chi connectivity index (χ2v) is 23.3. The minimum Gasteiger partial charge on any atom is -0.530 e. The van der Waals surface area contributed by atoms with Gasteiger partial charge in [0.1, 0.15) is 11.4 Å². The lowest BCUT2D eigenvalue weighted by Crippen LogP contribution is -2.64. The fraction of sp³-hybridized carbons (Fsp3) is 0.675. The molecule has 10 nitrogen and oxygen atoms in total. The summed E-state index contributed by atoms with van der Waals surface area (Å²) < 4.78 is 26.6. The zero-order valence-corrected chi connectivity index (χ0v) is 34.5. The highest BCUT2D eigenvalue weighted by Gasteiger charge is 2.45. The summed E-state index contributed by atoms with van der Waals surface area (Å²) in [7, 11) is -2.27. The molecule has 12 heteroatoms. The minimum absolute atomic E-state index is 0.00214. The monoisotopic (exact) mass is 738 g/mol. The molecular weight excluding hydrogens is 676 g/mol. The van der Waals surface area contributed by atoms with E-state index in [9.17, 15) is 14.0 Å². The third kappa shape index (κ3) is 9.35. The molecule has 2 aromatic rings. The van der Waals surface area contributed by atoms with Crippen molar-refractivity contribution in [2.24, 2.45) is 5.73 Å². The number of amides is 2. The Kier molecular flexibility index (Phi) is 11.6. The average Bonchev–Trinajstić information content (AvgIpc) is 3.27. The van der Waals surface area contributed by atoms with Crippen molar-refractivity contribution in [1.82, 2.24) is 19.7 Å². The molecule has 288 valence electrons. The van der Waals surface area contributed by atoms with Crippen molar-refractivity contribution >= 4 is 26.0 Å². The van der Waals surface area contributed by atoms with Gasteiger partial charge in [-0.25, -0.2) is 14.2 Å². The summed E-state index contributed by atoms with van der Waals surface area (Å²) in [6.45, 7) is 27.2. The number of carbonyl (C=O) groups excluding carboxylic acids is 2. The molecule has 4 heterocycles. The Bertz CT molecular complexity index is 1600. The SMILES string of the molecule is C[C@@H]1CN(CC(=O)N2CC(C)(C)c3nc(O[Si](C)(C)C(C)(C)C)c(Cc4ccc(F)cc4)cc32)[C@@H](CN2CCC[C@@H](N)C2)CN1C(=O)OC(C)(C)C. The Morgan fingerprint density at radius 1 is 1.06 bits per heavy atom. The highest BCUT2D eigenvalue weighted by Crippen LogP contribution is 2.44. The highest BCUT2D eigenvalue weighted by atomic mass is 28.4. The third-order valence-electron chi connectivity index (χ3n) is 11.2. The first-order valence-corrected chi connectivity index (χ1v) is 21.9. The van der Waals surface area contributed by atoms with E-state index in [1.165, 1.54) is 12.1 Å². The molecule has 2 fully saturated rings. The lowest BCUT2D eigenvalue weighted by atomic mass is 9.91. The van der Waals surface area contributed by atoms with Gasteiger partial charge < -0.3 is 29.6 Å². The number of anilines is 1. The summed E-state index contributed by atoms with van der Waals surface area (Å²) in [5, 5.41) is -0.0429. The van der Waals surface area contributed by atoms with Gasteiger partial charge in [0.15, 0.2) is 0 Å². The quantitative estimate of drug-likeness (QED) is 0.304. The van der Waals surface area contributed by atoms with Crippen LogP contribution in [-0.4, -0.2) is 110 Å². The molecule has 0 radical (unpaired) electrons. The van der Waals surface area contributed by atoms with Crippen molar-refractivity contribution in [3.63, 3.8) is 0 Å². The summed E-state index contributed by atoms with van der Waals surface area (Å²) in [5.41, 5.74) is 8.83. The highest BCUT2D eigenvalue weighted by molar-refractivity contribution is 6.74. The summed E-state index contributed by atoms with van der Waals surface area (Å²) in [5.74, 6) is 0.316. The lowest BCUT2D eigenvalue weighted by Gasteiger charge is -2.47. The molecule has 1 aromatic carbocycles. The Hall–Kier alpha value is -3.06. The van der Waals surface area contributed by atoms with Gasteiger partial charge in [0.05, 0.1) is 17.9 Å². The van der Waals surface area contributed by atoms with Crippen molar-refractivity contribution < 1.29 is 23.1 Å². The molecular formula is C40H63FN6O4Si. The molecule has 1 aromatic heterocycles. The molecule has 2 N–H and O–H groups in total. The van der Waals surface area contributed by atoms with E-state index in [2.05, 4.69) is 63.6 Å². The molecule has 0 aliphatic carbocycles. The van der Waals surface area contributed by atoms with E-state index in [-0.39, 0.29) is 47.5 Å². The number of fused-ring (bicyclic) bond motifs is 1. The van der Waals surface area contributed by atoms with Gasteiger partial charge in [-0.15, -0.1) is 0 Å². The number of hydrogen-bond donors (Lipinski definition) is 1. The van der Waals surface area contributed by atoms with E-state index in [0.717, 1.165) is 48.4 Å². The van der Waals surface area contributed by atoms with Crippen molar-refractivity contribution in [2.45, 2.75) is 129 Å². The lowest BCUT2D eigenvalue weighted by molar-refractivity contribution is -0.121. The second kappa shape index (κ2) is 15.0. The van der Waals surface area contributed by atoms with E-state index in [1.807, 2.05) is 37.5 Å². The van der Waals surface area contributed by atoms with Crippen LogP contribution in [0.25, 0.3) is 0 Å². The Balaban J connectivity index is 1.46. The number of piperazine rings is 1. The standard InChI is InChI=1S/C40H63FN6O4Si/c1-27-21-45(32(23-44-18-12-13-31(42)22-44)24-46(27)37(49)50-38(2,3)4)25-34(48)47-26-40(8,9)35-33(47)20-29(19-28-14-16-30(41)17-15-28)36(43-35)51-52(10,11)39(5,6)7/h14-17,20,27,31-32H,12-13,18-19,21-26,42H2,1-11H3/t27-,31-,32+/m1/s1. The smallest absolute Gasteiger partial charge is 0.410 e. The third-order valence-corrected chi connectivity index (χ3v) is 15.5. The van der Waals surface area contributed by atoms with Gasteiger partial charge in [-0.05, 0) is 89.0 Å². The number of piperidine rings is 1. The number of nitrogens with zero attached hydrogens (tertiary/aromatic N) is 5. The Labute approximate surface area is 312 Å². The van der Waals surface area contributed by atoms with Crippen LogP contribution in [0.3, 0.4) is 0 Å². The largest absolute Gasteiger partial charge is 0.530 e. The molecule has 3 atom stereocenters. The fourth-order valence-electron chi connectivity index (χ4n) is 7.30. The van der Waals surface area contributed by atoms with Gasteiger partial charge in [-0.2, -0.15) is 0 Å². The number of likely N-dealkylation sites (tertiary alicyclic amines) is 1. The van der Waals surface area contributed by atoms with Gasteiger partial charge in [0.2, 0.25) is 11.8 Å². The molecule has 0 spiro atoms. The van der Waals surface area contributed by atoms with Crippen LogP contribution in [-0.2, 0) is 21.4 Å². The molecule has 2 amide bonds. The topological polar surface area (TPSA) is 104 Å². The van der Waals surface area contributed by atoms with Crippen molar-refractivity contribution in [2.75, 3.05) is 50.7 Å². The van der Waals surface area contributed by atoms with Gasteiger partial charge in [-0.3, -0.25) is 9.69 Å². The summed E-state index contributed by atoms with van der Waals surface area (Å²) in [6, 6.07) is 8.53. The second-order valence-electron chi connectivity index (χ2n) is 18.6. The molecule has 0 unspecified atom stereocenters. The van der Waals surface area contributed by atoms with Crippen LogP contribution in [0.5, 0.6) is 5.88 Å². The minimum atomic E-state index is -2.27. The van der Waals surface area contributed by atoms with E-state index in [0.29, 0.717) is 38.5 Å². The first kappa shape index (κ1) is 40.1. The first-order chi connectivity index (χ1) is 24.0. The van der Waals surface area contributed by atoms with Crippen molar-refractivity contribution in [3.05, 3.63) is 53.0 Å². The molecule has 52 heavy (non-hydrogen) atoms. The maximum Gasteiger partial charge on any atom is 0.410 e. The van der Waals surface area contributed by atoms with Crippen LogP contribution in [0.1, 0.15) is 92.0 Å². The number of benzene rings is 1. The number of carbonyl (C=O) groups is 2. The summed E-state index contributed by atoms with van der Waals surface area (Å²) >= 11 is 0. The predicted octanol–water partition coefficient (Wildman–Crippen LogP) is 6.55. The Morgan fingerprint density at radius 2 is 1.73 bits per heavy atom. The molecule has 5 rings (SSSR count). The van der Waals surface area contributed by atoms with Crippen LogP contribution >= 0.6 is 0 Å². The number of hydrogen-bond acceptors (Lipinski definition) is 8. The van der Waals surface area contributed by atoms with E-state index in [1.54, 1.807) is 12.1 Å². The maximum atomic E-state index is 14.6. The average molecular weight is 739 g/mol. The van der Waals surface area contributed by atoms with E-state index in [4.69, 9.17) is 19.9 Å². The number of aromatic nitrogens is 1.